The summed E-state index contributed by atoms with van der Waals surface area (Å²) in [6, 6.07) is 3.32. The monoisotopic (exact) mass is 296 g/mol. The first-order valence-corrected chi connectivity index (χ1v) is 7.09. The Morgan fingerprint density at radius 2 is 2.05 bits per heavy atom. The van der Waals surface area contributed by atoms with Gasteiger partial charge in [-0.25, -0.2) is 0 Å². The van der Waals surface area contributed by atoms with Crippen molar-refractivity contribution in [1.29, 1.82) is 0 Å². The quantitative estimate of drug-likeness (QED) is 0.885. The Hall–Kier alpha value is -1.89. The molecule has 2 atom stereocenters. The lowest BCUT2D eigenvalue weighted by atomic mass is 9.99. The van der Waals surface area contributed by atoms with Crippen molar-refractivity contribution >= 4 is 34.1 Å². The van der Waals surface area contributed by atoms with Crippen molar-refractivity contribution in [3.63, 3.8) is 0 Å². The fourth-order valence-corrected chi connectivity index (χ4v) is 3.22. The summed E-state index contributed by atoms with van der Waals surface area (Å²) in [6.45, 7) is 3.93. The number of anilines is 1. The van der Waals surface area contributed by atoms with Gasteiger partial charge in [-0.05, 0) is 18.1 Å². The molecule has 0 bridgehead atoms. The molecule has 0 aromatic carbocycles. The highest BCUT2D eigenvalue weighted by molar-refractivity contribution is 7.18. The summed E-state index contributed by atoms with van der Waals surface area (Å²) in [7, 11) is 0. The molecule has 2 amide bonds. The number of likely N-dealkylation sites (tertiary alicyclic amines) is 1. The van der Waals surface area contributed by atoms with Crippen LogP contribution in [-0.4, -0.2) is 40.9 Å². The van der Waals surface area contributed by atoms with Crippen molar-refractivity contribution in [1.82, 2.24) is 4.90 Å². The van der Waals surface area contributed by atoms with Crippen molar-refractivity contribution in [2.75, 3.05) is 18.4 Å². The van der Waals surface area contributed by atoms with Gasteiger partial charge in [0, 0.05) is 20.0 Å². The van der Waals surface area contributed by atoms with Gasteiger partial charge in [0.15, 0.2) is 0 Å². The number of nitrogens with zero attached hydrogens (tertiary/aromatic N) is 1. The smallest absolute Gasteiger partial charge is 0.308 e. The van der Waals surface area contributed by atoms with Gasteiger partial charge < -0.3 is 15.3 Å². The standard InChI is InChI=1S/C13H16N2O4S/c1-7-5-15(6-9(7)13(18)19)12(17)10-3-4-11(20-10)14-8(2)16/h3-4,7,9H,5-6H2,1-2H3,(H,14,16)(H,18,19). The lowest BCUT2D eigenvalue weighted by molar-refractivity contribution is -0.142. The number of carboxylic acid groups (broad SMARTS) is 1. The van der Waals surface area contributed by atoms with Gasteiger partial charge in [0.25, 0.3) is 5.91 Å². The van der Waals surface area contributed by atoms with Gasteiger partial charge in [-0.3, -0.25) is 14.4 Å². The highest BCUT2D eigenvalue weighted by atomic mass is 32.1. The molecule has 2 rings (SSSR count). The largest absolute Gasteiger partial charge is 0.481 e. The number of hydrogen-bond acceptors (Lipinski definition) is 4. The van der Waals surface area contributed by atoms with E-state index in [0.29, 0.717) is 16.4 Å². The minimum atomic E-state index is -0.863. The third-order valence-electron chi connectivity index (χ3n) is 3.33. The maximum Gasteiger partial charge on any atom is 0.308 e. The van der Waals surface area contributed by atoms with Crippen LogP contribution in [0.1, 0.15) is 23.5 Å². The van der Waals surface area contributed by atoms with Crippen LogP contribution in [0.2, 0.25) is 0 Å². The van der Waals surface area contributed by atoms with E-state index in [0.717, 1.165) is 0 Å². The number of aliphatic carboxylic acids is 1. The first kappa shape index (κ1) is 14.5. The maximum atomic E-state index is 12.3. The molecule has 1 fully saturated rings. The minimum absolute atomic E-state index is 0.0498. The third kappa shape index (κ3) is 2.98. The molecular weight excluding hydrogens is 280 g/mol. The summed E-state index contributed by atoms with van der Waals surface area (Å²) in [4.78, 5) is 36.4. The highest BCUT2D eigenvalue weighted by Gasteiger charge is 2.37. The average Bonchev–Trinajstić information content (AvgIpc) is 2.94. The summed E-state index contributed by atoms with van der Waals surface area (Å²) in [5.41, 5.74) is 0. The Balaban J connectivity index is 2.07. The van der Waals surface area contributed by atoms with E-state index < -0.39 is 11.9 Å². The maximum absolute atomic E-state index is 12.3. The number of carboxylic acids is 1. The number of carbonyl (C=O) groups excluding carboxylic acids is 2. The lowest BCUT2D eigenvalue weighted by Gasteiger charge is -2.14. The number of hydrogen-bond donors (Lipinski definition) is 2. The number of rotatable bonds is 3. The molecule has 6 nitrogen and oxygen atoms in total. The molecule has 1 aromatic heterocycles. The highest BCUT2D eigenvalue weighted by Crippen LogP contribution is 2.28. The van der Waals surface area contributed by atoms with Crippen LogP contribution < -0.4 is 5.32 Å². The molecule has 7 heteroatoms. The molecule has 1 aliphatic rings. The molecule has 2 heterocycles. The third-order valence-corrected chi connectivity index (χ3v) is 4.32. The van der Waals surface area contributed by atoms with Gasteiger partial charge in [-0.2, -0.15) is 0 Å². The summed E-state index contributed by atoms with van der Waals surface area (Å²) < 4.78 is 0. The number of amides is 2. The second-order valence-electron chi connectivity index (χ2n) is 4.98. The molecule has 1 aliphatic heterocycles. The number of nitrogens with one attached hydrogen (secondary N) is 1. The Bertz CT molecular complexity index is 554. The Morgan fingerprint density at radius 3 is 2.60 bits per heavy atom. The van der Waals surface area contributed by atoms with Crippen LogP contribution >= 0.6 is 11.3 Å². The summed E-state index contributed by atoms with van der Waals surface area (Å²) in [5.74, 6) is -1.79. The molecule has 20 heavy (non-hydrogen) atoms. The molecule has 1 aromatic rings. The van der Waals surface area contributed by atoms with Crippen molar-refractivity contribution < 1.29 is 19.5 Å². The molecule has 0 aliphatic carbocycles. The van der Waals surface area contributed by atoms with E-state index in [4.69, 9.17) is 5.11 Å². The normalized spacial score (nSPS) is 21.8. The Labute approximate surface area is 120 Å². The number of carbonyl (C=O) groups is 3. The predicted octanol–water partition coefficient (Wildman–Crippen LogP) is 1.50. The molecular formula is C13H16N2O4S. The SMILES string of the molecule is CC(=O)Nc1ccc(C(=O)N2CC(C)C(C(=O)O)C2)s1. The first-order chi connectivity index (χ1) is 9.38. The summed E-state index contributed by atoms with van der Waals surface area (Å²) in [6.07, 6.45) is 0. The summed E-state index contributed by atoms with van der Waals surface area (Å²) in [5, 5.41) is 12.3. The van der Waals surface area contributed by atoms with E-state index in [1.807, 2.05) is 6.92 Å². The molecule has 1 saturated heterocycles. The molecule has 2 unspecified atom stereocenters. The van der Waals surface area contributed by atoms with E-state index in [1.165, 1.54) is 18.3 Å². The molecule has 0 spiro atoms. The first-order valence-electron chi connectivity index (χ1n) is 6.28. The second kappa shape index (κ2) is 5.62. The average molecular weight is 296 g/mol. The zero-order valence-corrected chi connectivity index (χ0v) is 12.1. The fourth-order valence-electron chi connectivity index (χ4n) is 2.30. The Kier molecular flexibility index (Phi) is 4.08. The van der Waals surface area contributed by atoms with Crippen LogP contribution in [0.15, 0.2) is 12.1 Å². The van der Waals surface area contributed by atoms with E-state index in [-0.39, 0.29) is 24.3 Å². The molecule has 0 radical (unpaired) electrons. The predicted molar refractivity (Wildman–Crippen MR) is 74.8 cm³/mol. The van der Waals surface area contributed by atoms with Crippen LogP contribution in [0.5, 0.6) is 0 Å². The second-order valence-corrected chi connectivity index (χ2v) is 6.06. The van der Waals surface area contributed by atoms with Gasteiger partial charge in [-0.1, -0.05) is 6.92 Å². The van der Waals surface area contributed by atoms with Gasteiger partial charge in [0.1, 0.15) is 0 Å². The van der Waals surface area contributed by atoms with Crippen molar-refractivity contribution in [2.24, 2.45) is 11.8 Å². The van der Waals surface area contributed by atoms with E-state index in [9.17, 15) is 14.4 Å². The lowest BCUT2D eigenvalue weighted by Crippen LogP contribution is -2.29. The summed E-state index contributed by atoms with van der Waals surface area (Å²) >= 11 is 1.20. The molecule has 0 saturated carbocycles. The minimum Gasteiger partial charge on any atom is -0.481 e. The van der Waals surface area contributed by atoms with Crippen LogP contribution in [0.4, 0.5) is 5.00 Å². The van der Waals surface area contributed by atoms with Crippen molar-refractivity contribution in [3.05, 3.63) is 17.0 Å². The topological polar surface area (TPSA) is 86.7 Å². The van der Waals surface area contributed by atoms with Crippen LogP contribution in [0.25, 0.3) is 0 Å². The van der Waals surface area contributed by atoms with E-state index in [1.54, 1.807) is 17.0 Å². The molecule has 2 N–H and O–H groups in total. The van der Waals surface area contributed by atoms with Crippen molar-refractivity contribution in [3.8, 4) is 0 Å². The van der Waals surface area contributed by atoms with Crippen LogP contribution in [0, 0.1) is 11.8 Å². The number of thiophene rings is 1. The Morgan fingerprint density at radius 1 is 1.35 bits per heavy atom. The van der Waals surface area contributed by atoms with Crippen LogP contribution in [-0.2, 0) is 9.59 Å². The zero-order valence-electron chi connectivity index (χ0n) is 11.3. The van der Waals surface area contributed by atoms with E-state index >= 15 is 0 Å². The molecule has 108 valence electrons. The van der Waals surface area contributed by atoms with Gasteiger partial charge in [0.2, 0.25) is 5.91 Å². The van der Waals surface area contributed by atoms with Crippen LogP contribution in [0.3, 0.4) is 0 Å². The van der Waals surface area contributed by atoms with Gasteiger partial charge >= 0.3 is 5.97 Å². The van der Waals surface area contributed by atoms with Gasteiger partial charge in [0.05, 0.1) is 15.8 Å². The fraction of sp³-hybridized carbons (Fsp3) is 0.462. The van der Waals surface area contributed by atoms with E-state index in [2.05, 4.69) is 5.32 Å². The van der Waals surface area contributed by atoms with Gasteiger partial charge in [-0.15, -0.1) is 11.3 Å². The van der Waals surface area contributed by atoms with Crippen molar-refractivity contribution in [2.45, 2.75) is 13.8 Å². The zero-order chi connectivity index (χ0) is 14.9.